The van der Waals surface area contributed by atoms with Gasteiger partial charge in [-0.1, -0.05) is 30.4 Å². The number of fused-ring (bicyclic) bond motifs is 1. The van der Waals surface area contributed by atoms with Gasteiger partial charge >= 0.3 is 0 Å². The van der Waals surface area contributed by atoms with Crippen LogP contribution in [0.25, 0.3) is 22.4 Å². The standard InChI is InChI=1S/C14H11N3OS/c15-14-13-12(16-8-17-14)10(7-19-13)6-5-9-3-1-2-4-11(9)18/h1-8,18H,(H2,15,16,17)/b6-5+. The van der Waals surface area contributed by atoms with E-state index in [1.165, 1.54) is 17.7 Å². The monoisotopic (exact) mass is 269 g/mol. The molecule has 0 saturated carbocycles. The zero-order chi connectivity index (χ0) is 13.2. The van der Waals surface area contributed by atoms with Crippen LogP contribution in [-0.2, 0) is 0 Å². The van der Waals surface area contributed by atoms with Crippen LogP contribution in [0.1, 0.15) is 11.1 Å². The lowest BCUT2D eigenvalue weighted by Crippen LogP contribution is -1.90. The van der Waals surface area contributed by atoms with Crippen molar-refractivity contribution in [2.45, 2.75) is 0 Å². The van der Waals surface area contributed by atoms with Gasteiger partial charge in [-0.25, -0.2) is 9.97 Å². The largest absolute Gasteiger partial charge is 0.507 e. The van der Waals surface area contributed by atoms with Crippen LogP contribution in [0, 0.1) is 0 Å². The summed E-state index contributed by atoms with van der Waals surface area (Å²) in [6.45, 7) is 0. The first-order valence-corrected chi connectivity index (χ1v) is 6.57. The summed E-state index contributed by atoms with van der Waals surface area (Å²) < 4.78 is 0.888. The minimum atomic E-state index is 0.257. The highest BCUT2D eigenvalue weighted by molar-refractivity contribution is 7.18. The Hall–Kier alpha value is -2.40. The topological polar surface area (TPSA) is 72.0 Å². The molecule has 3 rings (SSSR count). The maximum Gasteiger partial charge on any atom is 0.144 e. The molecule has 3 N–H and O–H groups in total. The summed E-state index contributed by atoms with van der Waals surface area (Å²) in [7, 11) is 0. The molecule has 0 bridgehead atoms. The zero-order valence-electron chi connectivity index (χ0n) is 9.95. The number of phenols is 1. The molecule has 4 nitrogen and oxygen atoms in total. The lowest BCUT2D eigenvalue weighted by atomic mass is 10.1. The van der Waals surface area contributed by atoms with Crippen molar-refractivity contribution in [1.29, 1.82) is 0 Å². The second kappa shape index (κ2) is 4.70. The van der Waals surface area contributed by atoms with Crippen molar-refractivity contribution in [3.05, 3.63) is 47.1 Å². The van der Waals surface area contributed by atoms with Gasteiger partial charge in [0.05, 0.1) is 10.2 Å². The van der Waals surface area contributed by atoms with E-state index in [1.807, 2.05) is 29.7 Å². The van der Waals surface area contributed by atoms with Crippen molar-refractivity contribution in [2.75, 3.05) is 5.73 Å². The second-order valence-electron chi connectivity index (χ2n) is 4.02. The molecule has 0 aliphatic heterocycles. The number of hydrogen-bond acceptors (Lipinski definition) is 5. The highest BCUT2D eigenvalue weighted by Gasteiger charge is 2.06. The number of phenolic OH excluding ortho intramolecular Hbond substituents is 1. The van der Waals surface area contributed by atoms with E-state index in [-0.39, 0.29) is 5.75 Å². The van der Waals surface area contributed by atoms with Crippen molar-refractivity contribution >= 4 is 39.5 Å². The fourth-order valence-electron chi connectivity index (χ4n) is 1.81. The van der Waals surface area contributed by atoms with E-state index >= 15 is 0 Å². The molecule has 0 unspecified atom stereocenters. The Balaban J connectivity index is 2.03. The molecule has 2 aromatic heterocycles. The maximum atomic E-state index is 9.70. The first-order valence-electron chi connectivity index (χ1n) is 5.69. The highest BCUT2D eigenvalue weighted by atomic mass is 32.1. The van der Waals surface area contributed by atoms with E-state index < -0.39 is 0 Å². The molecule has 0 aliphatic carbocycles. The molecule has 2 heterocycles. The quantitative estimate of drug-likeness (QED) is 0.749. The van der Waals surface area contributed by atoms with Gasteiger partial charge in [0, 0.05) is 16.5 Å². The molecule has 0 amide bonds. The molecule has 94 valence electrons. The van der Waals surface area contributed by atoms with Crippen LogP contribution in [0.5, 0.6) is 5.75 Å². The van der Waals surface area contributed by atoms with Crippen molar-refractivity contribution < 1.29 is 5.11 Å². The molecule has 0 aliphatic rings. The number of nitrogens with zero attached hydrogens (tertiary/aromatic N) is 2. The number of para-hydroxylation sites is 1. The minimum Gasteiger partial charge on any atom is -0.507 e. The van der Waals surface area contributed by atoms with E-state index in [0.29, 0.717) is 5.82 Å². The molecule has 3 aromatic rings. The van der Waals surface area contributed by atoms with E-state index in [9.17, 15) is 5.11 Å². The van der Waals surface area contributed by atoms with Gasteiger partial charge in [-0.15, -0.1) is 11.3 Å². The Kier molecular flexibility index (Phi) is 2.89. The van der Waals surface area contributed by atoms with E-state index in [2.05, 4.69) is 9.97 Å². The molecule has 0 fully saturated rings. The maximum absolute atomic E-state index is 9.70. The average Bonchev–Trinajstić information content (AvgIpc) is 2.83. The summed E-state index contributed by atoms with van der Waals surface area (Å²) in [6.07, 6.45) is 5.23. The van der Waals surface area contributed by atoms with Crippen LogP contribution < -0.4 is 5.73 Å². The average molecular weight is 269 g/mol. The van der Waals surface area contributed by atoms with Crippen molar-refractivity contribution in [2.24, 2.45) is 0 Å². The van der Waals surface area contributed by atoms with Gasteiger partial charge in [-0.3, -0.25) is 0 Å². The van der Waals surface area contributed by atoms with Crippen LogP contribution in [-0.4, -0.2) is 15.1 Å². The molecule has 1 aromatic carbocycles. The second-order valence-corrected chi connectivity index (χ2v) is 4.90. The number of aromatic nitrogens is 2. The van der Waals surface area contributed by atoms with E-state index in [4.69, 9.17) is 5.73 Å². The normalized spacial score (nSPS) is 11.4. The van der Waals surface area contributed by atoms with E-state index in [0.717, 1.165) is 21.3 Å². The summed E-state index contributed by atoms with van der Waals surface area (Å²) in [4.78, 5) is 8.21. The SMILES string of the molecule is Nc1ncnc2c(/C=C/c3ccccc3O)csc12. The van der Waals surface area contributed by atoms with Gasteiger partial charge in [-0.2, -0.15) is 0 Å². The van der Waals surface area contributed by atoms with Crippen molar-refractivity contribution in [3.8, 4) is 5.75 Å². The Morgan fingerprint density at radius 1 is 1.11 bits per heavy atom. The Bertz CT molecular complexity index is 764. The van der Waals surface area contributed by atoms with Gasteiger partial charge in [0.2, 0.25) is 0 Å². The van der Waals surface area contributed by atoms with Crippen molar-refractivity contribution in [1.82, 2.24) is 9.97 Å². The van der Waals surface area contributed by atoms with Gasteiger partial charge < -0.3 is 10.8 Å². The summed E-state index contributed by atoms with van der Waals surface area (Å²) in [5.74, 6) is 0.754. The number of anilines is 1. The van der Waals surface area contributed by atoms with E-state index in [1.54, 1.807) is 12.1 Å². The van der Waals surface area contributed by atoms with Crippen LogP contribution in [0.4, 0.5) is 5.82 Å². The first kappa shape index (κ1) is 11.7. The molecular weight excluding hydrogens is 258 g/mol. The number of thiophene rings is 1. The summed E-state index contributed by atoms with van der Waals surface area (Å²) in [5, 5.41) is 11.7. The molecule has 19 heavy (non-hydrogen) atoms. The fourth-order valence-corrected chi connectivity index (χ4v) is 2.70. The van der Waals surface area contributed by atoms with Gasteiger partial charge in [0.1, 0.15) is 17.9 Å². The molecule has 0 atom stereocenters. The molecule has 5 heteroatoms. The third-order valence-electron chi connectivity index (χ3n) is 2.79. The van der Waals surface area contributed by atoms with Gasteiger partial charge in [0.15, 0.2) is 0 Å². The third-order valence-corrected chi connectivity index (χ3v) is 3.80. The first-order chi connectivity index (χ1) is 9.25. The Labute approximate surface area is 113 Å². The molecule has 0 radical (unpaired) electrons. The zero-order valence-corrected chi connectivity index (χ0v) is 10.8. The summed E-state index contributed by atoms with van der Waals surface area (Å²) in [6, 6.07) is 7.18. The number of hydrogen-bond donors (Lipinski definition) is 2. The molecular formula is C14H11N3OS. The molecule has 0 spiro atoms. The third kappa shape index (κ3) is 2.15. The Morgan fingerprint density at radius 2 is 1.89 bits per heavy atom. The minimum absolute atomic E-state index is 0.257. The van der Waals surface area contributed by atoms with Crippen molar-refractivity contribution in [3.63, 3.8) is 0 Å². The number of benzene rings is 1. The Morgan fingerprint density at radius 3 is 2.74 bits per heavy atom. The number of aromatic hydroxyl groups is 1. The number of rotatable bonds is 2. The predicted octanol–water partition coefficient (Wildman–Crippen LogP) is 3.15. The molecule has 0 saturated heterocycles. The predicted molar refractivity (Wildman–Crippen MR) is 78.9 cm³/mol. The van der Waals surface area contributed by atoms with Crippen LogP contribution in [0.2, 0.25) is 0 Å². The van der Waals surface area contributed by atoms with Crippen LogP contribution >= 0.6 is 11.3 Å². The highest BCUT2D eigenvalue weighted by Crippen LogP contribution is 2.29. The van der Waals surface area contributed by atoms with Crippen LogP contribution in [0.15, 0.2) is 36.0 Å². The number of nitrogens with two attached hydrogens (primary N) is 1. The van der Waals surface area contributed by atoms with Crippen LogP contribution in [0.3, 0.4) is 0 Å². The fraction of sp³-hybridized carbons (Fsp3) is 0. The summed E-state index contributed by atoms with van der Waals surface area (Å²) >= 11 is 1.52. The summed E-state index contributed by atoms with van der Waals surface area (Å²) in [5.41, 5.74) is 8.37. The van der Waals surface area contributed by atoms with Gasteiger partial charge in [-0.05, 0) is 6.07 Å². The lowest BCUT2D eigenvalue weighted by Gasteiger charge is -1.97. The smallest absolute Gasteiger partial charge is 0.144 e. The van der Waals surface area contributed by atoms with Gasteiger partial charge in [0.25, 0.3) is 0 Å². The number of nitrogen functional groups attached to an aromatic ring is 1. The lowest BCUT2D eigenvalue weighted by molar-refractivity contribution is 0.474.